The topological polar surface area (TPSA) is 171 Å². The van der Waals surface area contributed by atoms with E-state index in [0.29, 0.717) is 56.4 Å². The molecule has 0 radical (unpaired) electrons. The summed E-state index contributed by atoms with van der Waals surface area (Å²) < 4.78 is 44.2. The Hall–Kier alpha value is -4.91. The van der Waals surface area contributed by atoms with E-state index < -0.39 is 0 Å². The van der Waals surface area contributed by atoms with Crippen molar-refractivity contribution in [3.8, 4) is 17.2 Å². The summed E-state index contributed by atoms with van der Waals surface area (Å²) in [6.07, 6.45) is 2.36. The molecule has 3 atom stereocenters. The molecule has 14 heteroatoms. The highest BCUT2D eigenvalue weighted by molar-refractivity contribution is 6.30. The summed E-state index contributed by atoms with van der Waals surface area (Å²) in [5, 5.41) is 0.703. The lowest BCUT2D eigenvalue weighted by atomic mass is 10.2. The molecule has 6 N–H and O–H groups in total. The van der Waals surface area contributed by atoms with Gasteiger partial charge in [-0.25, -0.2) is 19.4 Å². The molecule has 0 amide bonds. The maximum absolute atomic E-state index is 12.6. The zero-order valence-electron chi connectivity index (χ0n) is 25.9. The Bertz CT molecular complexity index is 1370. The highest BCUT2D eigenvalue weighted by atomic mass is 35.5. The minimum absolute atomic E-state index is 0.0699. The SMILES string of the molecule is NC1=N[C@@H](CCOc2ccc(Cl)cc2)CO1.NC1=N[C@@H](CCOc2ccc(F)cc2)CO1.NC1=N[C@@H](CCOc2ccccc2)CO1. The predicted octanol–water partition coefficient (Wildman–Crippen LogP) is 4.30. The van der Waals surface area contributed by atoms with Crippen LogP contribution in [0.5, 0.6) is 17.2 Å². The number of para-hydroxylation sites is 1. The molecule has 0 fully saturated rings. The van der Waals surface area contributed by atoms with Gasteiger partial charge in [0.1, 0.15) is 42.9 Å². The van der Waals surface area contributed by atoms with Crippen LogP contribution in [0.3, 0.4) is 0 Å². The number of rotatable bonds is 12. The van der Waals surface area contributed by atoms with Crippen molar-refractivity contribution in [2.24, 2.45) is 32.2 Å². The van der Waals surface area contributed by atoms with Crippen LogP contribution in [0.1, 0.15) is 19.3 Å². The predicted molar refractivity (Wildman–Crippen MR) is 179 cm³/mol. The van der Waals surface area contributed by atoms with Gasteiger partial charge in [0, 0.05) is 24.3 Å². The Balaban J connectivity index is 0.000000160. The van der Waals surface area contributed by atoms with Gasteiger partial charge in [0.2, 0.25) is 0 Å². The Morgan fingerprint density at radius 3 is 1.30 bits per heavy atom. The number of benzene rings is 3. The number of hydrogen-bond donors (Lipinski definition) is 3. The molecule has 0 aromatic heterocycles. The summed E-state index contributed by atoms with van der Waals surface area (Å²) in [7, 11) is 0. The first-order valence-electron chi connectivity index (χ1n) is 15.1. The van der Waals surface area contributed by atoms with Crippen LogP contribution in [0.4, 0.5) is 4.39 Å². The van der Waals surface area contributed by atoms with E-state index in [9.17, 15) is 4.39 Å². The van der Waals surface area contributed by atoms with Gasteiger partial charge in [-0.1, -0.05) is 29.8 Å². The van der Waals surface area contributed by atoms with Gasteiger partial charge in [-0.15, -0.1) is 0 Å². The van der Waals surface area contributed by atoms with Crippen LogP contribution in [0, 0.1) is 5.82 Å². The lowest BCUT2D eigenvalue weighted by Crippen LogP contribution is -2.12. The lowest BCUT2D eigenvalue weighted by molar-refractivity contribution is 0.263. The lowest BCUT2D eigenvalue weighted by Gasteiger charge is -2.07. The summed E-state index contributed by atoms with van der Waals surface area (Å²) in [4.78, 5) is 12.3. The molecule has 6 rings (SSSR count). The summed E-state index contributed by atoms with van der Waals surface area (Å²) >= 11 is 5.76. The average Bonchev–Trinajstić information content (AvgIpc) is 3.81. The third-order valence-electron chi connectivity index (χ3n) is 6.73. The van der Waals surface area contributed by atoms with Crippen molar-refractivity contribution in [1.82, 2.24) is 0 Å². The molecular weight excluding hydrogens is 631 g/mol. The van der Waals surface area contributed by atoms with Crippen LogP contribution in [-0.4, -0.2) is 75.8 Å². The number of hydrogen-bond acceptors (Lipinski definition) is 12. The molecule has 3 aromatic carbocycles. The van der Waals surface area contributed by atoms with Crippen LogP contribution in [-0.2, 0) is 14.2 Å². The fourth-order valence-electron chi connectivity index (χ4n) is 4.27. The van der Waals surface area contributed by atoms with Crippen LogP contribution >= 0.6 is 11.6 Å². The minimum atomic E-state index is -0.270. The Morgan fingerprint density at radius 2 is 0.936 bits per heavy atom. The minimum Gasteiger partial charge on any atom is -0.494 e. The second-order valence-electron chi connectivity index (χ2n) is 10.4. The fourth-order valence-corrected chi connectivity index (χ4v) is 4.39. The number of aliphatic imine (C=N–C) groups is 3. The molecule has 3 aliphatic rings. The first-order chi connectivity index (χ1) is 22.8. The van der Waals surface area contributed by atoms with Crippen LogP contribution in [0.2, 0.25) is 5.02 Å². The third-order valence-corrected chi connectivity index (χ3v) is 6.98. The molecule has 0 unspecified atom stereocenters. The number of amidine groups is 3. The number of halogens is 2. The monoisotopic (exact) mass is 670 g/mol. The first kappa shape index (κ1) is 35.0. The number of ether oxygens (including phenoxy) is 6. The van der Waals surface area contributed by atoms with E-state index in [1.54, 1.807) is 24.3 Å². The van der Waals surface area contributed by atoms with Crippen molar-refractivity contribution < 1.29 is 32.8 Å². The molecule has 3 aliphatic heterocycles. The molecule has 3 aromatic rings. The van der Waals surface area contributed by atoms with Crippen molar-refractivity contribution in [1.29, 1.82) is 0 Å². The van der Waals surface area contributed by atoms with Gasteiger partial charge < -0.3 is 45.6 Å². The molecule has 12 nitrogen and oxygen atoms in total. The summed E-state index contributed by atoms with van der Waals surface area (Å²) in [5.74, 6) is 2.07. The third kappa shape index (κ3) is 13.5. The number of nitrogens with two attached hydrogens (primary N) is 3. The van der Waals surface area contributed by atoms with E-state index in [2.05, 4.69) is 15.0 Å². The van der Waals surface area contributed by atoms with Crippen molar-refractivity contribution in [3.63, 3.8) is 0 Å². The van der Waals surface area contributed by atoms with Crippen molar-refractivity contribution >= 4 is 29.7 Å². The largest absolute Gasteiger partial charge is 0.494 e. The molecule has 0 aliphatic carbocycles. The van der Waals surface area contributed by atoms with Crippen molar-refractivity contribution in [3.05, 3.63) is 89.7 Å². The standard InChI is InChI=1S/C11H13ClN2O2.C11H13FN2O2.C11H14N2O2/c2*12-8-1-3-10(4-2-8)15-6-5-9-7-16-11(13)14-9;12-11-13-9(8-15-11)6-7-14-10-4-2-1-3-5-10/h2*1-4,9H,5-7H2,(H2,13,14);1-5,9H,6-8H2,(H2,12,13)/t3*9-/m000/s1. The van der Waals surface area contributed by atoms with Crippen molar-refractivity contribution in [2.75, 3.05) is 39.6 Å². The van der Waals surface area contributed by atoms with E-state index >= 15 is 0 Å². The van der Waals surface area contributed by atoms with Gasteiger partial charge in [0.15, 0.2) is 0 Å². The smallest absolute Gasteiger partial charge is 0.282 e. The van der Waals surface area contributed by atoms with E-state index in [4.69, 9.17) is 57.2 Å². The molecule has 0 saturated heterocycles. The zero-order chi connectivity index (χ0) is 33.3. The zero-order valence-corrected chi connectivity index (χ0v) is 26.6. The fraction of sp³-hybridized carbons (Fsp3) is 0.364. The maximum Gasteiger partial charge on any atom is 0.282 e. The summed E-state index contributed by atoms with van der Waals surface area (Å²) in [6.45, 7) is 3.37. The Kier molecular flexibility index (Phi) is 14.1. The second-order valence-corrected chi connectivity index (χ2v) is 10.9. The Labute approximate surface area is 278 Å². The van der Waals surface area contributed by atoms with E-state index in [1.165, 1.54) is 12.1 Å². The van der Waals surface area contributed by atoms with Gasteiger partial charge in [-0.05, 0) is 60.7 Å². The Morgan fingerprint density at radius 1 is 0.574 bits per heavy atom. The van der Waals surface area contributed by atoms with Crippen LogP contribution < -0.4 is 31.4 Å². The van der Waals surface area contributed by atoms with Crippen molar-refractivity contribution in [2.45, 2.75) is 37.4 Å². The van der Waals surface area contributed by atoms with Gasteiger partial charge in [0.25, 0.3) is 18.1 Å². The van der Waals surface area contributed by atoms with Crippen LogP contribution in [0.15, 0.2) is 93.8 Å². The van der Waals surface area contributed by atoms with E-state index in [0.717, 1.165) is 30.8 Å². The van der Waals surface area contributed by atoms with Crippen LogP contribution in [0.25, 0.3) is 0 Å². The summed E-state index contributed by atoms with van der Waals surface area (Å²) in [6, 6.07) is 24.1. The molecule has 0 bridgehead atoms. The first-order valence-corrected chi connectivity index (χ1v) is 15.5. The van der Waals surface area contributed by atoms with Gasteiger partial charge in [-0.3, -0.25) is 0 Å². The van der Waals surface area contributed by atoms with Gasteiger partial charge in [0.05, 0.1) is 37.9 Å². The highest BCUT2D eigenvalue weighted by Gasteiger charge is 2.18. The molecular formula is C33H40ClFN6O6. The number of nitrogens with zero attached hydrogens (tertiary/aromatic N) is 3. The highest BCUT2D eigenvalue weighted by Crippen LogP contribution is 2.17. The molecule has 47 heavy (non-hydrogen) atoms. The molecule has 252 valence electrons. The molecule has 0 saturated carbocycles. The van der Waals surface area contributed by atoms with E-state index in [-0.39, 0.29) is 36.0 Å². The average molecular weight is 671 g/mol. The molecule has 0 spiro atoms. The molecule has 3 heterocycles. The van der Waals surface area contributed by atoms with E-state index in [1.807, 2.05) is 42.5 Å². The second kappa shape index (κ2) is 18.9. The summed E-state index contributed by atoms with van der Waals surface area (Å²) in [5.41, 5.74) is 16.2. The normalized spacial score (nSPS) is 19.2. The maximum atomic E-state index is 12.6. The quantitative estimate of drug-likeness (QED) is 0.254. The van der Waals surface area contributed by atoms with Gasteiger partial charge in [-0.2, -0.15) is 0 Å². The van der Waals surface area contributed by atoms with Gasteiger partial charge >= 0.3 is 0 Å².